The van der Waals surface area contributed by atoms with Crippen molar-refractivity contribution in [2.75, 3.05) is 6.26 Å². The van der Waals surface area contributed by atoms with Gasteiger partial charge in [-0.1, -0.05) is 19.1 Å². The standard InChI is InChI=1S/C19H25NO2S2/c1-13(19-12-23-14(2)20-19)10-15-4-5-17(11-15)16-6-8-18(9-7-16)24(3,21)22/h6-9,12-13,15,17H,4-5,10-11H2,1-3H3/t13-,15?,17-/m0/s1. The minimum atomic E-state index is -3.10. The Bertz CT molecular complexity index is 793. The van der Waals surface area contributed by atoms with Crippen LogP contribution in [-0.2, 0) is 9.84 Å². The number of sulfone groups is 1. The van der Waals surface area contributed by atoms with Crippen LogP contribution in [0.15, 0.2) is 34.5 Å². The van der Waals surface area contributed by atoms with E-state index in [9.17, 15) is 8.42 Å². The van der Waals surface area contributed by atoms with Crippen molar-refractivity contribution in [1.29, 1.82) is 0 Å². The van der Waals surface area contributed by atoms with Crippen molar-refractivity contribution in [1.82, 2.24) is 4.98 Å². The second-order valence-corrected chi connectivity index (χ2v) is 10.2. The van der Waals surface area contributed by atoms with Gasteiger partial charge in [0.05, 0.1) is 15.6 Å². The normalized spacial score (nSPS) is 22.6. The summed E-state index contributed by atoms with van der Waals surface area (Å²) in [4.78, 5) is 5.03. The monoisotopic (exact) mass is 363 g/mol. The van der Waals surface area contributed by atoms with Crippen LogP contribution in [-0.4, -0.2) is 19.7 Å². The van der Waals surface area contributed by atoms with Gasteiger partial charge in [-0.15, -0.1) is 11.3 Å². The zero-order valence-corrected chi connectivity index (χ0v) is 16.2. The quantitative estimate of drug-likeness (QED) is 0.756. The fourth-order valence-corrected chi connectivity index (χ4v) is 5.17. The van der Waals surface area contributed by atoms with Gasteiger partial charge in [-0.2, -0.15) is 0 Å². The maximum Gasteiger partial charge on any atom is 0.175 e. The minimum Gasteiger partial charge on any atom is -0.246 e. The highest BCUT2D eigenvalue weighted by molar-refractivity contribution is 7.90. The van der Waals surface area contributed by atoms with Crippen molar-refractivity contribution in [3.8, 4) is 0 Å². The molecule has 0 bridgehead atoms. The Morgan fingerprint density at radius 3 is 2.54 bits per heavy atom. The topological polar surface area (TPSA) is 47.0 Å². The van der Waals surface area contributed by atoms with Crippen LogP contribution in [0.25, 0.3) is 0 Å². The van der Waals surface area contributed by atoms with E-state index in [1.165, 1.54) is 43.2 Å². The molecule has 1 saturated carbocycles. The summed E-state index contributed by atoms with van der Waals surface area (Å²) in [5.74, 6) is 1.82. The van der Waals surface area contributed by atoms with Gasteiger partial charge in [-0.05, 0) is 68.1 Å². The van der Waals surface area contributed by atoms with E-state index in [1.807, 2.05) is 12.1 Å². The average molecular weight is 364 g/mol. The summed E-state index contributed by atoms with van der Waals surface area (Å²) in [5, 5.41) is 3.34. The first-order valence-corrected chi connectivity index (χ1v) is 11.3. The lowest BCUT2D eigenvalue weighted by molar-refractivity contribution is 0.451. The molecule has 0 amide bonds. The van der Waals surface area contributed by atoms with Crippen LogP contribution in [0.3, 0.4) is 0 Å². The summed E-state index contributed by atoms with van der Waals surface area (Å²) in [6, 6.07) is 7.49. The molecule has 2 aromatic rings. The number of aryl methyl sites for hydroxylation is 1. The molecule has 1 unspecified atom stereocenters. The minimum absolute atomic E-state index is 0.410. The van der Waals surface area contributed by atoms with Crippen LogP contribution in [0, 0.1) is 12.8 Å². The highest BCUT2D eigenvalue weighted by Crippen LogP contribution is 2.42. The summed E-state index contributed by atoms with van der Waals surface area (Å²) >= 11 is 1.73. The third kappa shape index (κ3) is 4.06. The van der Waals surface area contributed by atoms with Crippen molar-refractivity contribution in [3.05, 3.63) is 45.9 Å². The third-order valence-electron chi connectivity index (χ3n) is 5.15. The van der Waals surface area contributed by atoms with Gasteiger partial charge in [-0.25, -0.2) is 13.4 Å². The van der Waals surface area contributed by atoms with Gasteiger partial charge in [0.2, 0.25) is 0 Å². The van der Waals surface area contributed by atoms with Crippen LogP contribution in [0.5, 0.6) is 0 Å². The fraction of sp³-hybridized carbons (Fsp3) is 0.526. The molecule has 1 heterocycles. The van der Waals surface area contributed by atoms with Crippen molar-refractivity contribution in [3.63, 3.8) is 0 Å². The highest BCUT2D eigenvalue weighted by Gasteiger charge is 2.28. The van der Waals surface area contributed by atoms with Crippen LogP contribution in [0.2, 0.25) is 0 Å². The Balaban J connectivity index is 1.61. The van der Waals surface area contributed by atoms with Crippen LogP contribution in [0.4, 0.5) is 0 Å². The van der Waals surface area contributed by atoms with Crippen LogP contribution in [0.1, 0.15) is 60.7 Å². The molecule has 1 aromatic heterocycles. The zero-order valence-electron chi connectivity index (χ0n) is 14.5. The lowest BCUT2D eigenvalue weighted by atomic mass is 9.90. The van der Waals surface area contributed by atoms with Crippen molar-refractivity contribution >= 4 is 21.2 Å². The molecule has 3 atom stereocenters. The first kappa shape index (κ1) is 17.6. The predicted octanol–water partition coefficient (Wildman–Crippen LogP) is 4.93. The molecule has 3 nitrogen and oxygen atoms in total. The second-order valence-electron chi connectivity index (χ2n) is 7.15. The Hall–Kier alpha value is -1.20. The molecule has 0 radical (unpaired) electrons. The number of aromatic nitrogens is 1. The summed E-state index contributed by atoms with van der Waals surface area (Å²) in [5.41, 5.74) is 2.51. The van der Waals surface area contributed by atoms with Gasteiger partial charge in [0.1, 0.15) is 0 Å². The van der Waals surface area contributed by atoms with E-state index in [1.54, 1.807) is 23.5 Å². The van der Waals surface area contributed by atoms with Gasteiger partial charge >= 0.3 is 0 Å². The Morgan fingerprint density at radius 1 is 1.25 bits per heavy atom. The third-order valence-corrected chi connectivity index (χ3v) is 7.07. The van der Waals surface area contributed by atoms with Gasteiger partial charge in [-0.3, -0.25) is 0 Å². The molecule has 130 valence electrons. The SMILES string of the molecule is Cc1nc([C@@H](C)CC2CC[C@H](c3ccc(S(C)(=O)=O)cc3)C2)cs1. The van der Waals surface area contributed by atoms with E-state index in [-0.39, 0.29) is 0 Å². The fourth-order valence-electron chi connectivity index (χ4n) is 3.81. The van der Waals surface area contributed by atoms with E-state index < -0.39 is 9.84 Å². The number of hydrogen-bond donors (Lipinski definition) is 0. The van der Waals surface area contributed by atoms with E-state index in [4.69, 9.17) is 0 Å². The molecule has 3 rings (SSSR count). The van der Waals surface area contributed by atoms with Gasteiger partial charge in [0.15, 0.2) is 9.84 Å². The summed E-state index contributed by atoms with van der Waals surface area (Å²) < 4.78 is 23.1. The van der Waals surface area contributed by atoms with Gasteiger partial charge < -0.3 is 0 Å². The molecule has 0 aliphatic heterocycles. The molecular weight excluding hydrogens is 338 g/mol. The molecule has 0 N–H and O–H groups in total. The van der Waals surface area contributed by atoms with Crippen LogP contribution < -0.4 is 0 Å². The molecule has 1 aromatic carbocycles. The maximum atomic E-state index is 11.6. The Kier molecular flexibility index (Phi) is 5.11. The second kappa shape index (κ2) is 6.96. The molecule has 24 heavy (non-hydrogen) atoms. The molecule has 1 fully saturated rings. The van der Waals surface area contributed by atoms with Gasteiger partial charge in [0, 0.05) is 11.6 Å². The molecule has 0 saturated heterocycles. The smallest absolute Gasteiger partial charge is 0.175 e. The van der Waals surface area contributed by atoms with Crippen molar-refractivity contribution < 1.29 is 8.42 Å². The average Bonchev–Trinajstić information content (AvgIpc) is 3.16. The first-order chi connectivity index (χ1) is 11.3. The summed E-state index contributed by atoms with van der Waals surface area (Å²) in [6.07, 6.45) is 6.11. The highest BCUT2D eigenvalue weighted by atomic mass is 32.2. The molecule has 1 aliphatic carbocycles. The number of thiazole rings is 1. The molecular formula is C19H25NO2S2. The molecule has 1 aliphatic rings. The number of benzene rings is 1. The number of nitrogens with zero attached hydrogens (tertiary/aromatic N) is 1. The predicted molar refractivity (Wildman–Crippen MR) is 99.5 cm³/mol. The Labute approximate surface area is 149 Å². The van der Waals surface area contributed by atoms with E-state index in [0.29, 0.717) is 16.7 Å². The van der Waals surface area contributed by atoms with E-state index in [2.05, 4.69) is 24.2 Å². The molecule has 5 heteroatoms. The van der Waals surface area contributed by atoms with E-state index in [0.717, 1.165) is 10.9 Å². The van der Waals surface area contributed by atoms with Gasteiger partial charge in [0.25, 0.3) is 0 Å². The van der Waals surface area contributed by atoms with Crippen molar-refractivity contribution in [2.24, 2.45) is 5.92 Å². The molecule has 0 spiro atoms. The number of rotatable bonds is 5. The van der Waals surface area contributed by atoms with Crippen molar-refractivity contribution in [2.45, 2.75) is 56.3 Å². The van der Waals surface area contributed by atoms with Crippen LogP contribution >= 0.6 is 11.3 Å². The Morgan fingerprint density at radius 2 is 1.96 bits per heavy atom. The number of hydrogen-bond acceptors (Lipinski definition) is 4. The summed E-state index contributed by atoms with van der Waals surface area (Å²) in [7, 11) is -3.10. The maximum absolute atomic E-state index is 11.6. The van der Waals surface area contributed by atoms with E-state index >= 15 is 0 Å². The zero-order chi connectivity index (χ0) is 17.3. The first-order valence-electron chi connectivity index (χ1n) is 8.55. The summed E-state index contributed by atoms with van der Waals surface area (Å²) in [6.45, 7) is 4.34. The largest absolute Gasteiger partial charge is 0.246 e. The lowest BCUT2D eigenvalue weighted by Gasteiger charge is -2.16. The lowest BCUT2D eigenvalue weighted by Crippen LogP contribution is -2.03.